The van der Waals surface area contributed by atoms with Crippen molar-refractivity contribution in [3.63, 3.8) is 0 Å². The second-order valence-corrected chi connectivity index (χ2v) is 10.6. The van der Waals surface area contributed by atoms with Crippen molar-refractivity contribution in [3.8, 4) is 5.88 Å². The van der Waals surface area contributed by atoms with Gasteiger partial charge in [0.1, 0.15) is 0 Å². The lowest BCUT2D eigenvalue weighted by atomic mass is 10.0. The van der Waals surface area contributed by atoms with Crippen LogP contribution in [-0.2, 0) is 10.0 Å². The molecular weight excluding hydrogens is 511 g/mol. The summed E-state index contributed by atoms with van der Waals surface area (Å²) < 4.78 is 28.1. The standard InChI is InChI=1S/C24H20Cl2N4O4S/c1-13(2)14-6-9-20-18(11-14)22(24(32)27-20)28-29-23(31)15-4-3-5-17(10-15)35(33,34)30-21-12-16(25)7-8-19(21)26/h3-13,27,30,32H,1-2H3. The number of aromatic amines is 1. The zero-order valence-electron chi connectivity index (χ0n) is 18.6. The number of aromatic nitrogens is 1. The van der Waals surface area contributed by atoms with Crippen LogP contribution in [0.2, 0.25) is 10.0 Å². The number of sulfonamides is 1. The zero-order valence-corrected chi connectivity index (χ0v) is 20.9. The van der Waals surface area contributed by atoms with E-state index in [-0.39, 0.29) is 38.7 Å². The van der Waals surface area contributed by atoms with Gasteiger partial charge in [-0.1, -0.05) is 49.2 Å². The van der Waals surface area contributed by atoms with Crippen molar-refractivity contribution in [2.45, 2.75) is 24.7 Å². The van der Waals surface area contributed by atoms with Gasteiger partial charge in [0.05, 0.1) is 21.1 Å². The number of carbonyl (C=O) groups is 1. The summed E-state index contributed by atoms with van der Waals surface area (Å²) in [5, 5.41) is 19.0. The molecule has 35 heavy (non-hydrogen) atoms. The van der Waals surface area contributed by atoms with Crippen molar-refractivity contribution in [2.75, 3.05) is 4.72 Å². The second kappa shape index (κ2) is 9.69. The Bertz CT molecular complexity index is 1580. The third kappa shape index (κ3) is 5.32. The van der Waals surface area contributed by atoms with Crippen LogP contribution in [0, 0.1) is 0 Å². The summed E-state index contributed by atoms with van der Waals surface area (Å²) in [6.45, 7) is 4.07. The van der Waals surface area contributed by atoms with Crippen LogP contribution in [-0.4, -0.2) is 24.4 Å². The molecule has 3 N–H and O–H groups in total. The van der Waals surface area contributed by atoms with E-state index in [2.05, 4.69) is 19.9 Å². The molecule has 0 saturated carbocycles. The van der Waals surface area contributed by atoms with Gasteiger partial charge in [-0.2, -0.15) is 0 Å². The molecule has 0 aliphatic rings. The highest BCUT2D eigenvalue weighted by molar-refractivity contribution is 7.92. The molecule has 180 valence electrons. The van der Waals surface area contributed by atoms with Gasteiger partial charge in [0.15, 0.2) is 5.69 Å². The molecule has 0 aliphatic carbocycles. The maximum absolute atomic E-state index is 12.8. The summed E-state index contributed by atoms with van der Waals surface area (Å²) in [6, 6.07) is 15.3. The van der Waals surface area contributed by atoms with Crippen LogP contribution in [0.4, 0.5) is 11.4 Å². The normalized spacial score (nSPS) is 12.0. The molecule has 4 rings (SSSR count). The molecule has 0 radical (unpaired) electrons. The SMILES string of the molecule is CC(C)c1ccc2[nH]c(O)c(N=NC(=O)c3cccc(S(=O)(=O)Nc4cc(Cl)ccc4Cl)c3)c2c1. The van der Waals surface area contributed by atoms with Gasteiger partial charge >= 0.3 is 0 Å². The molecule has 0 spiro atoms. The minimum Gasteiger partial charge on any atom is -0.493 e. The predicted molar refractivity (Wildman–Crippen MR) is 137 cm³/mol. The van der Waals surface area contributed by atoms with Crippen molar-refractivity contribution in [3.05, 3.63) is 81.8 Å². The highest BCUT2D eigenvalue weighted by Crippen LogP contribution is 2.37. The Hall–Kier alpha value is -3.40. The number of hydrogen-bond acceptors (Lipinski definition) is 5. The molecule has 0 aliphatic heterocycles. The van der Waals surface area contributed by atoms with Gasteiger partial charge in [0, 0.05) is 16.0 Å². The van der Waals surface area contributed by atoms with Crippen molar-refractivity contribution >= 4 is 61.4 Å². The zero-order chi connectivity index (χ0) is 25.3. The lowest BCUT2D eigenvalue weighted by Crippen LogP contribution is -2.14. The predicted octanol–water partition coefficient (Wildman–Crippen LogP) is 7.03. The van der Waals surface area contributed by atoms with E-state index in [0.717, 1.165) is 5.56 Å². The maximum Gasteiger partial charge on any atom is 0.295 e. The fraction of sp³-hybridized carbons (Fsp3) is 0.125. The third-order valence-electron chi connectivity index (χ3n) is 5.25. The number of nitrogens with one attached hydrogen (secondary N) is 2. The lowest BCUT2D eigenvalue weighted by molar-refractivity contribution is 0.0995. The summed E-state index contributed by atoms with van der Waals surface area (Å²) in [6.07, 6.45) is 0. The van der Waals surface area contributed by atoms with E-state index in [1.165, 1.54) is 42.5 Å². The van der Waals surface area contributed by atoms with Gasteiger partial charge < -0.3 is 10.1 Å². The van der Waals surface area contributed by atoms with Gasteiger partial charge in [-0.3, -0.25) is 9.52 Å². The number of benzene rings is 3. The summed E-state index contributed by atoms with van der Waals surface area (Å²) in [7, 11) is -4.08. The Balaban J connectivity index is 1.62. The van der Waals surface area contributed by atoms with Gasteiger partial charge in [-0.25, -0.2) is 8.42 Å². The second-order valence-electron chi connectivity index (χ2n) is 8.04. The number of anilines is 1. The Labute approximate surface area is 211 Å². The minimum atomic E-state index is -4.08. The lowest BCUT2D eigenvalue weighted by Gasteiger charge is -2.10. The molecule has 0 atom stereocenters. The number of halogens is 2. The average Bonchev–Trinajstić information content (AvgIpc) is 3.13. The number of fused-ring (bicyclic) bond motifs is 1. The molecule has 3 aromatic carbocycles. The van der Waals surface area contributed by atoms with E-state index < -0.39 is 15.9 Å². The van der Waals surface area contributed by atoms with Crippen LogP contribution in [0.15, 0.2) is 75.8 Å². The highest BCUT2D eigenvalue weighted by Gasteiger charge is 2.19. The van der Waals surface area contributed by atoms with E-state index >= 15 is 0 Å². The molecule has 8 nitrogen and oxygen atoms in total. The molecule has 1 aromatic heterocycles. The molecule has 0 fully saturated rings. The van der Waals surface area contributed by atoms with Gasteiger partial charge in [0.2, 0.25) is 5.88 Å². The maximum atomic E-state index is 12.8. The molecule has 0 saturated heterocycles. The van der Waals surface area contributed by atoms with E-state index in [1.54, 1.807) is 0 Å². The molecular formula is C24H20Cl2N4O4S. The summed E-state index contributed by atoms with van der Waals surface area (Å²) >= 11 is 12.0. The number of hydrogen-bond donors (Lipinski definition) is 3. The minimum absolute atomic E-state index is 0.00369. The number of rotatable bonds is 6. The Kier molecular flexibility index (Phi) is 6.84. The molecule has 1 heterocycles. The fourth-order valence-corrected chi connectivity index (χ4v) is 4.88. The molecule has 11 heteroatoms. The van der Waals surface area contributed by atoms with Crippen LogP contribution < -0.4 is 4.72 Å². The Morgan fingerprint density at radius 1 is 1.06 bits per heavy atom. The first kappa shape index (κ1) is 24.7. The fourth-order valence-electron chi connectivity index (χ4n) is 3.37. The number of nitrogens with zero attached hydrogens (tertiary/aromatic N) is 2. The van der Waals surface area contributed by atoms with Gasteiger partial charge in [-0.05, 0) is 60.0 Å². The van der Waals surface area contributed by atoms with Crippen molar-refractivity contribution < 1.29 is 18.3 Å². The largest absolute Gasteiger partial charge is 0.493 e. The smallest absolute Gasteiger partial charge is 0.295 e. The quantitative estimate of drug-likeness (QED) is 0.231. The summed E-state index contributed by atoms with van der Waals surface area (Å²) in [4.78, 5) is 15.3. The molecule has 1 amide bonds. The van der Waals surface area contributed by atoms with E-state index in [1.807, 2.05) is 32.0 Å². The summed E-state index contributed by atoms with van der Waals surface area (Å²) in [5.74, 6) is -0.754. The van der Waals surface area contributed by atoms with Crippen molar-refractivity contribution in [1.29, 1.82) is 0 Å². The topological polar surface area (TPSA) is 124 Å². The van der Waals surface area contributed by atoms with Crippen LogP contribution in [0.5, 0.6) is 5.88 Å². The molecule has 4 aromatic rings. The van der Waals surface area contributed by atoms with Crippen LogP contribution in [0.25, 0.3) is 10.9 Å². The molecule has 0 unspecified atom stereocenters. The molecule has 0 bridgehead atoms. The first-order valence-electron chi connectivity index (χ1n) is 10.4. The summed E-state index contributed by atoms with van der Waals surface area (Å²) in [5.41, 5.74) is 1.90. The van der Waals surface area contributed by atoms with E-state index in [0.29, 0.717) is 15.9 Å². The number of amides is 1. The Morgan fingerprint density at radius 3 is 2.57 bits per heavy atom. The van der Waals surface area contributed by atoms with Crippen LogP contribution in [0.3, 0.4) is 0 Å². The number of azo groups is 1. The highest BCUT2D eigenvalue weighted by atomic mass is 35.5. The number of carbonyl (C=O) groups excluding carboxylic acids is 1. The first-order chi connectivity index (χ1) is 16.5. The van der Waals surface area contributed by atoms with Gasteiger partial charge in [0.25, 0.3) is 15.9 Å². The van der Waals surface area contributed by atoms with Crippen molar-refractivity contribution in [1.82, 2.24) is 4.98 Å². The number of H-pyrrole nitrogens is 1. The van der Waals surface area contributed by atoms with Crippen molar-refractivity contribution in [2.24, 2.45) is 10.2 Å². The van der Waals surface area contributed by atoms with E-state index in [9.17, 15) is 18.3 Å². The monoisotopic (exact) mass is 530 g/mol. The third-order valence-corrected chi connectivity index (χ3v) is 7.18. The van der Waals surface area contributed by atoms with E-state index in [4.69, 9.17) is 23.2 Å². The number of aromatic hydroxyl groups is 1. The van der Waals surface area contributed by atoms with Crippen LogP contribution >= 0.6 is 23.2 Å². The van der Waals surface area contributed by atoms with Crippen LogP contribution in [0.1, 0.15) is 35.7 Å². The van der Waals surface area contributed by atoms with Gasteiger partial charge in [-0.15, -0.1) is 10.2 Å². The average molecular weight is 531 g/mol. The first-order valence-corrected chi connectivity index (χ1v) is 12.7. The Morgan fingerprint density at radius 2 is 1.83 bits per heavy atom.